The molecule has 1 aliphatic heterocycles. The molecule has 2 N–H and O–H groups in total. The molecule has 1 fully saturated rings. The molecule has 5 heteroatoms. The highest BCUT2D eigenvalue weighted by Crippen LogP contribution is 2.20. The van der Waals surface area contributed by atoms with Crippen molar-refractivity contribution >= 4 is 23.2 Å². The summed E-state index contributed by atoms with van der Waals surface area (Å²) in [5.74, 6) is 0.306. The second kappa shape index (κ2) is 6.89. The Morgan fingerprint density at radius 1 is 1.53 bits per heavy atom. The first kappa shape index (κ1) is 14.3. The van der Waals surface area contributed by atoms with Gasteiger partial charge in [-0.1, -0.05) is 30.7 Å². The summed E-state index contributed by atoms with van der Waals surface area (Å²) >= 11 is 5.97. The van der Waals surface area contributed by atoms with Crippen molar-refractivity contribution in [3.8, 4) is 0 Å². The predicted octanol–water partition coefficient (Wildman–Crippen LogP) is 2.29. The number of rotatable bonds is 4. The van der Waals surface area contributed by atoms with Crippen LogP contribution in [-0.2, 0) is 9.53 Å². The molecule has 0 aliphatic carbocycles. The molecular weight excluding hydrogens is 264 g/mol. The fourth-order valence-corrected chi connectivity index (χ4v) is 2.30. The van der Waals surface area contributed by atoms with Gasteiger partial charge in [0, 0.05) is 6.54 Å². The third kappa shape index (κ3) is 4.20. The van der Waals surface area contributed by atoms with E-state index in [1.165, 1.54) is 0 Å². The van der Waals surface area contributed by atoms with Crippen molar-refractivity contribution in [1.82, 2.24) is 5.32 Å². The topological polar surface area (TPSA) is 50.4 Å². The minimum Gasteiger partial charge on any atom is -0.367 e. The molecule has 0 spiro atoms. The molecule has 1 amide bonds. The first-order valence-corrected chi connectivity index (χ1v) is 6.91. The largest absolute Gasteiger partial charge is 0.367 e. The highest BCUT2D eigenvalue weighted by molar-refractivity contribution is 6.33. The van der Waals surface area contributed by atoms with E-state index in [9.17, 15) is 4.79 Å². The van der Waals surface area contributed by atoms with Gasteiger partial charge in [0.2, 0.25) is 5.91 Å². The maximum atomic E-state index is 11.8. The normalized spacial score (nSPS) is 23.1. The number of nitrogens with one attached hydrogen (secondary N) is 2. The summed E-state index contributed by atoms with van der Waals surface area (Å²) in [4.78, 5) is 11.8. The molecule has 1 aliphatic rings. The van der Waals surface area contributed by atoms with Gasteiger partial charge in [-0.15, -0.1) is 0 Å². The number of hydrogen-bond donors (Lipinski definition) is 2. The summed E-state index contributed by atoms with van der Waals surface area (Å²) in [6.45, 7) is 4.03. The van der Waals surface area contributed by atoms with Gasteiger partial charge in [0.1, 0.15) is 6.61 Å². The number of anilines is 1. The van der Waals surface area contributed by atoms with Gasteiger partial charge in [-0.05, 0) is 31.0 Å². The second-order valence-corrected chi connectivity index (χ2v) is 5.25. The molecular formula is C14H19ClN2O2. The van der Waals surface area contributed by atoms with Crippen molar-refractivity contribution in [2.45, 2.75) is 19.4 Å². The van der Waals surface area contributed by atoms with Crippen LogP contribution in [-0.4, -0.2) is 31.7 Å². The number of halogens is 1. The smallest absolute Gasteiger partial charge is 0.250 e. The van der Waals surface area contributed by atoms with Crippen molar-refractivity contribution in [2.24, 2.45) is 5.92 Å². The third-order valence-electron chi connectivity index (χ3n) is 3.33. The standard InChI is InChI=1S/C14H19ClN2O2/c1-10-6-7-16-8-13(10)19-9-14(18)17-12-5-3-2-4-11(12)15/h2-5,10,13,16H,6-9H2,1H3,(H,17,18). The number of hydrogen-bond acceptors (Lipinski definition) is 3. The van der Waals surface area contributed by atoms with E-state index in [0.717, 1.165) is 19.5 Å². The molecule has 1 aromatic rings. The Morgan fingerprint density at radius 2 is 2.32 bits per heavy atom. The van der Waals surface area contributed by atoms with Crippen LogP contribution in [0.5, 0.6) is 0 Å². The zero-order valence-corrected chi connectivity index (χ0v) is 11.7. The van der Waals surface area contributed by atoms with Gasteiger partial charge >= 0.3 is 0 Å². The van der Waals surface area contributed by atoms with Crippen molar-refractivity contribution in [1.29, 1.82) is 0 Å². The van der Waals surface area contributed by atoms with Crippen molar-refractivity contribution < 1.29 is 9.53 Å². The molecule has 0 bridgehead atoms. The lowest BCUT2D eigenvalue weighted by Gasteiger charge is -2.29. The molecule has 0 aromatic heterocycles. The number of benzene rings is 1. The van der Waals surface area contributed by atoms with E-state index >= 15 is 0 Å². The average molecular weight is 283 g/mol. The van der Waals surface area contributed by atoms with E-state index in [0.29, 0.717) is 16.6 Å². The maximum Gasteiger partial charge on any atom is 0.250 e. The second-order valence-electron chi connectivity index (χ2n) is 4.85. The van der Waals surface area contributed by atoms with Gasteiger partial charge in [0.15, 0.2) is 0 Å². The van der Waals surface area contributed by atoms with Gasteiger partial charge in [-0.25, -0.2) is 0 Å². The maximum absolute atomic E-state index is 11.8. The number of amides is 1. The van der Waals surface area contributed by atoms with Crippen LogP contribution >= 0.6 is 11.6 Å². The van der Waals surface area contributed by atoms with Crippen LogP contribution < -0.4 is 10.6 Å². The van der Waals surface area contributed by atoms with Gasteiger partial charge in [-0.3, -0.25) is 4.79 Å². The summed E-state index contributed by atoms with van der Waals surface area (Å²) in [6, 6.07) is 7.16. The lowest BCUT2D eigenvalue weighted by molar-refractivity contribution is -0.124. The van der Waals surface area contributed by atoms with Crippen molar-refractivity contribution in [2.75, 3.05) is 25.0 Å². The quantitative estimate of drug-likeness (QED) is 0.891. The molecule has 4 nitrogen and oxygen atoms in total. The number of piperidine rings is 1. The number of carbonyl (C=O) groups is 1. The lowest BCUT2D eigenvalue weighted by atomic mass is 9.97. The molecule has 0 saturated carbocycles. The highest BCUT2D eigenvalue weighted by atomic mass is 35.5. The Labute approximate surface area is 118 Å². The third-order valence-corrected chi connectivity index (χ3v) is 3.66. The van der Waals surface area contributed by atoms with Crippen LogP contribution in [0.4, 0.5) is 5.69 Å². The first-order valence-electron chi connectivity index (χ1n) is 6.53. The Bertz CT molecular complexity index is 439. The number of carbonyl (C=O) groups excluding carboxylic acids is 1. The average Bonchev–Trinajstić information content (AvgIpc) is 2.40. The SMILES string of the molecule is CC1CCNCC1OCC(=O)Nc1ccccc1Cl. The van der Waals surface area contributed by atoms with Crippen LogP contribution in [0.3, 0.4) is 0 Å². The monoisotopic (exact) mass is 282 g/mol. The van der Waals surface area contributed by atoms with Crippen LogP contribution in [0.1, 0.15) is 13.3 Å². The van der Waals surface area contributed by atoms with E-state index in [4.69, 9.17) is 16.3 Å². The summed E-state index contributed by atoms with van der Waals surface area (Å²) in [5.41, 5.74) is 0.618. The molecule has 19 heavy (non-hydrogen) atoms. The Balaban J connectivity index is 1.80. The van der Waals surface area contributed by atoms with E-state index < -0.39 is 0 Å². The molecule has 104 valence electrons. The lowest BCUT2D eigenvalue weighted by Crippen LogP contribution is -2.42. The number of ether oxygens (including phenoxy) is 1. The fraction of sp³-hybridized carbons (Fsp3) is 0.500. The van der Waals surface area contributed by atoms with Gasteiger partial charge in [-0.2, -0.15) is 0 Å². The number of para-hydroxylation sites is 1. The van der Waals surface area contributed by atoms with E-state index in [2.05, 4.69) is 17.6 Å². The molecule has 1 aromatic carbocycles. The minimum absolute atomic E-state index is 0.0575. The Kier molecular flexibility index (Phi) is 5.19. The highest BCUT2D eigenvalue weighted by Gasteiger charge is 2.22. The zero-order valence-electron chi connectivity index (χ0n) is 11.0. The summed E-state index contributed by atoms with van der Waals surface area (Å²) < 4.78 is 5.65. The van der Waals surface area contributed by atoms with E-state index in [1.54, 1.807) is 12.1 Å². The molecule has 2 rings (SSSR count). The molecule has 2 unspecified atom stereocenters. The fourth-order valence-electron chi connectivity index (χ4n) is 2.12. The first-order chi connectivity index (χ1) is 9.16. The van der Waals surface area contributed by atoms with Crippen molar-refractivity contribution in [3.05, 3.63) is 29.3 Å². The van der Waals surface area contributed by atoms with Crippen LogP contribution in [0.2, 0.25) is 5.02 Å². The van der Waals surface area contributed by atoms with Crippen molar-refractivity contribution in [3.63, 3.8) is 0 Å². The Morgan fingerprint density at radius 3 is 3.05 bits per heavy atom. The van der Waals surface area contributed by atoms with Crippen LogP contribution in [0, 0.1) is 5.92 Å². The van der Waals surface area contributed by atoms with Crippen LogP contribution in [0.25, 0.3) is 0 Å². The molecule has 1 saturated heterocycles. The predicted molar refractivity (Wildman–Crippen MR) is 76.5 cm³/mol. The van der Waals surface area contributed by atoms with E-state index in [-0.39, 0.29) is 18.6 Å². The van der Waals surface area contributed by atoms with E-state index in [1.807, 2.05) is 12.1 Å². The van der Waals surface area contributed by atoms with Gasteiger partial charge < -0.3 is 15.4 Å². The molecule has 1 heterocycles. The zero-order chi connectivity index (χ0) is 13.7. The van der Waals surface area contributed by atoms with Gasteiger partial charge in [0.25, 0.3) is 0 Å². The summed E-state index contributed by atoms with van der Waals surface area (Å²) in [5, 5.41) is 6.55. The summed E-state index contributed by atoms with van der Waals surface area (Å²) in [6.07, 6.45) is 1.18. The van der Waals surface area contributed by atoms with Gasteiger partial charge in [0.05, 0.1) is 16.8 Å². The minimum atomic E-state index is -0.175. The summed E-state index contributed by atoms with van der Waals surface area (Å²) in [7, 11) is 0. The Hall–Kier alpha value is -1.10. The van der Waals surface area contributed by atoms with Crippen LogP contribution in [0.15, 0.2) is 24.3 Å². The molecule has 0 radical (unpaired) electrons. The molecule has 2 atom stereocenters.